The quantitative estimate of drug-likeness (QED) is 0.829. The Hall–Kier alpha value is -0.0900. The summed E-state index contributed by atoms with van der Waals surface area (Å²) in [5.41, 5.74) is 6.09. The average Bonchev–Trinajstić information content (AvgIpc) is 2.07. The highest BCUT2D eigenvalue weighted by Crippen LogP contribution is 2.37. The lowest BCUT2D eigenvalue weighted by Gasteiger charge is -2.41. The summed E-state index contributed by atoms with van der Waals surface area (Å²) in [6.07, 6.45) is 2.74. The van der Waals surface area contributed by atoms with Crippen LogP contribution in [0.15, 0.2) is 0 Å². The second-order valence-electron chi connectivity index (χ2n) is 6.17. The second-order valence-corrected chi connectivity index (χ2v) is 8.43. The number of hydrogen-bond acceptors (Lipinski definition) is 3. The lowest BCUT2D eigenvalue weighted by atomic mass is 9.73. The Bertz CT molecular complexity index is 333. The number of rotatable bonds is 3. The summed E-state index contributed by atoms with van der Waals surface area (Å²) in [5, 5.41) is -0.335. The highest BCUT2D eigenvalue weighted by Gasteiger charge is 2.42. The van der Waals surface area contributed by atoms with Gasteiger partial charge in [-0.1, -0.05) is 34.1 Å². The van der Waals surface area contributed by atoms with E-state index in [1.54, 1.807) is 0 Å². The van der Waals surface area contributed by atoms with E-state index in [2.05, 4.69) is 13.8 Å². The molecular formula is C12H25NO2S. The summed E-state index contributed by atoms with van der Waals surface area (Å²) in [7, 11) is -3.03. The molecule has 0 saturated heterocycles. The zero-order chi connectivity index (χ0) is 12.6. The van der Waals surface area contributed by atoms with Crippen LogP contribution in [0.3, 0.4) is 0 Å². The first-order valence-electron chi connectivity index (χ1n) is 6.14. The van der Waals surface area contributed by atoms with E-state index in [-0.39, 0.29) is 28.4 Å². The van der Waals surface area contributed by atoms with Gasteiger partial charge in [-0.2, -0.15) is 0 Å². The fourth-order valence-corrected chi connectivity index (χ4v) is 5.12. The Morgan fingerprint density at radius 2 is 1.94 bits per heavy atom. The lowest BCUT2D eigenvalue weighted by Crippen LogP contribution is -2.53. The van der Waals surface area contributed by atoms with Crippen molar-refractivity contribution in [3.8, 4) is 0 Å². The maximum Gasteiger partial charge on any atom is 0.154 e. The molecule has 1 aliphatic carbocycles. The zero-order valence-corrected chi connectivity index (χ0v) is 11.7. The van der Waals surface area contributed by atoms with E-state index in [0.717, 1.165) is 19.3 Å². The molecule has 96 valence electrons. The van der Waals surface area contributed by atoms with Crippen LogP contribution >= 0.6 is 0 Å². The molecular weight excluding hydrogens is 222 g/mol. The number of sulfone groups is 1. The molecule has 1 aliphatic rings. The zero-order valence-electron chi connectivity index (χ0n) is 10.9. The normalized spacial score (nSPS) is 30.6. The molecule has 0 amide bonds. The van der Waals surface area contributed by atoms with E-state index >= 15 is 0 Å². The van der Waals surface area contributed by atoms with Gasteiger partial charge in [-0.15, -0.1) is 0 Å². The van der Waals surface area contributed by atoms with Crippen molar-refractivity contribution < 1.29 is 8.42 Å². The van der Waals surface area contributed by atoms with Crippen LogP contribution in [0, 0.1) is 11.3 Å². The summed E-state index contributed by atoms with van der Waals surface area (Å²) >= 11 is 0. The standard InChI is InChI=1S/C12H25NO2S/c1-9(2)8-16(14,15)10-6-5-7-12(3,4)11(10)13/h9-11H,5-8,13H2,1-4H3. The van der Waals surface area contributed by atoms with Crippen LogP contribution in [0.2, 0.25) is 0 Å². The molecule has 2 N–H and O–H groups in total. The van der Waals surface area contributed by atoms with Crippen molar-refractivity contribution in [1.29, 1.82) is 0 Å². The van der Waals surface area contributed by atoms with Gasteiger partial charge in [0.05, 0.1) is 11.0 Å². The summed E-state index contributed by atoms with van der Waals surface area (Å²) in [6.45, 7) is 8.04. The van der Waals surface area contributed by atoms with Gasteiger partial charge in [0, 0.05) is 6.04 Å². The second kappa shape index (κ2) is 4.65. The lowest BCUT2D eigenvalue weighted by molar-refractivity contribution is 0.204. The Balaban J connectivity index is 2.87. The third kappa shape index (κ3) is 2.98. The maximum absolute atomic E-state index is 12.2. The molecule has 0 aromatic heterocycles. The monoisotopic (exact) mass is 247 g/mol. The fourth-order valence-electron chi connectivity index (χ4n) is 2.60. The van der Waals surface area contributed by atoms with E-state index in [0.29, 0.717) is 0 Å². The predicted octanol–water partition coefficient (Wildman–Crippen LogP) is 1.96. The van der Waals surface area contributed by atoms with Crippen molar-refractivity contribution in [2.24, 2.45) is 17.1 Å². The Kier molecular flexibility index (Phi) is 4.06. The van der Waals surface area contributed by atoms with Crippen LogP contribution in [0.5, 0.6) is 0 Å². The van der Waals surface area contributed by atoms with Gasteiger partial charge < -0.3 is 5.73 Å². The largest absolute Gasteiger partial charge is 0.326 e. The minimum absolute atomic E-state index is 0.0486. The van der Waals surface area contributed by atoms with Gasteiger partial charge >= 0.3 is 0 Å². The summed E-state index contributed by atoms with van der Waals surface area (Å²) < 4.78 is 24.4. The molecule has 2 atom stereocenters. The van der Waals surface area contributed by atoms with Crippen LogP contribution in [-0.2, 0) is 9.84 Å². The summed E-state index contributed by atoms with van der Waals surface area (Å²) in [4.78, 5) is 0. The Labute approximate surface area is 99.7 Å². The molecule has 0 aliphatic heterocycles. The van der Waals surface area contributed by atoms with Gasteiger partial charge in [0.1, 0.15) is 0 Å². The molecule has 16 heavy (non-hydrogen) atoms. The maximum atomic E-state index is 12.2. The van der Waals surface area contributed by atoms with E-state index in [9.17, 15) is 8.42 Å². The number of nitrogens with two attached hydrogens (primary N) is 1. The molecule has 1 fully saturated rings. The first-order valence-corrected chi connectivity index (χ1v) is 7.85. The van der Waals surface area contributed by atoms with E-state index in [1.165, 1.54) is 0 Å². The van der Waals surface area contributed by atoms with Crippen molar-refractivity contribution in [1.82, 2.24) is 0 Å². The summed E-state index contributed by atoms with van der Waals surface area (Å²) in [6, 6.07) is -0.218. The minimum atomic E-state index is -3.03. The highest BCUT2D eigenvalue weighted by molar-refractivity contribution is 7.92. The van der Waals surface area contributed by atoms with Crippen molar-refractivity contribution in [3.05, 3.63) is 0 Å². The third-order valence-electron chi connectivity index (χ3n) is 3.64. The molecule has 2 unspecified atom stereocenters. The molecule has 0 heterocycles. The molecule has 0 spiro atoms. The van der Waals surface area contributed by atoms with Gasteiger partial charge in [-0.25, -0.2) is 8.42 Å². The van der Waals surface area contributed by atoms with E-state index in [1.807, 2.05) is 13.8 Å². The average molecular weight is 247 g/mol. The molecule has 0 bridgehead atoms. The SMILES string of the molecule is CC(C)CS(=O)(=O)C1CCCC(C)(C)C1N. The summed E-state index contributed by atoms with van der Waals surface area (Å²) in [5.74, 6) is 0.448. The third-order valence-corrected chi connectivity index (χ3v) is 6.22. The van der Waals surface area contributed by atoms with Crippen LogP contribution in [0.1, 0.15) is 47.0 Å². The molecule has 0 aromatic carbocycles. The smallest absolute Gasteiger partial charge is 0.154 e. The van der Waals surface area contributed by atoms with Crippen LogP contribution in [-0.4, -0.2) is 25.5 Å². The fraction of sp³-hybridized carbons (Fsp3) is 1.00. The first kappa shape index (κ1) is 14.0. The van der Waals surface area contributed by atoms with Crippen molar-refractivity contribution in [2.45, 2.75) is 58.2 Å². The predicted molar refractivity (Wildman–Crippen MR) is 68.0 cm³/mol. The number of hydrogen-bond donors (Lipinski definition) is 1. The van der Waals surface area contributed by atoms with E-state index in [4.69, 9.17) is 5.73 Å². The molecule has 0 radical (unpaired) electrons. The molecule has 0 aromatic rings. The van der Waals surface area contributed by atoms with Crippen molar-refractivity contribution in [3.63, 3.8) is 0 Å². The molecule has 1 saturated carbocycles. The minimum Gasteiger partial charge on any atom is -0.326 e. The van der Waals surface area contributed by atoms with Gasteiger partial charge in [0.25, 0.3) is 0 Å². The van der Waals surface area contributed by atoms with E-state index < -0.39 is 9.84 Å². The molecule has 1 rings (SSSR count). The Morgan fingerprint density at radius 1 is 1.38 bits per heavy atom. The van der Waals surface area contributed by atoms with Crippen LogP contribution in [0.4, 0.5) is 0 Å². The molecule has 3 nitrogen and oxygen atoms in total. The highest BCUT2D eigenvalue weighted by atomic mass is 32.2. The Morgan fingerprint density at radius 3 is 2.44 bits per heavy atom. The van der Waals surface area contributed by atoms with Crippen LogP contribution in [0.25, 0.3) is 0 Å². The molecule has 4 heteroatoms. The van der Waals surface area contributed by atoms with Gasteiger partial charge in [-0.05, 0) is 24.2 Å². The van der Waals surface area contributed by atoms with Gasteiger partial charge in [0.2, 0.25) is 0 Å². The van der Waals surface area contributed by atoms with Gasteiger partial charge in [-0.3, -0.25) is 0 Å². The first-order chi connectivity index (χ1) is 7.17. The van der Waals surface area contributed by atoms with Crippen LogP contribution < -0.4 is 5.73 Å². The van der Waals surface area contributed by atoms with Crippen molar-refractivity contribution >= 4 is 9.84 Å². The van der Waals surface area contributed by atoms with Gasteiger partial charge in [0.15, 0.2) is 9.84 Å². The van der Waals surface area contributed by atoms with Crippen molar-refractivity contribution in [2.75, 3.05) is 5.75 Å². The topological polar surface area (TPSA) is 60.2 Å².